The van der Waals surface area contributed by atoms with Crippen molar-refractivity contribution < 1.29 is 22.7 Å². The maximum Gasteiger partial charge on any atom is 0.432 e. The first-order chi connectivity index (χ1) is 11.9. The number of ether oxygens (including phenoxy) is 1. The molecular formula is C16H17F3N4O2. The predicted octanol–water partition coefficient (Wildman–Crippen LogP) is 2.40. The SMILES string of the molecule is COc1ccc(N2CCN(C(=O)c3cc(C(F)(F)F)[nH]n3)CC2)cc1. The molecule has 1 N–H and O–H groups in total. The molecule has 0 unspecified atom stereocenters. The van der Waals surface area contributed by atoms with Crippen LogP contribution in [0.25, 0.3) is 0 Å². The van der Waals surface area contributed by atoms with E-state index in [2.05, 4.69) is 10.00 Å². The van der Waals surface area contributed by atoms with Gasteiger partial charge in [0, 0.05) is 37.9 Å². The summed E-state index contributed by atoms with van der Waals surface area (Å²) in [5, 5.41) is 5.36. The van der Waals surface area contributed by atoms with Gasteiger partial charge in [-0.2, -0.15) is 18.3 Å². The highest BCUT2D eigenvalue weighted by Crippen LogP contribution is 2.28. The topological polar surface area (TPSA) is 61.5 Å². The number of carbonyl (C=O) groups excluding carboxylic acids is 1. The Kier molecular flexibility index (Phi) is 4.56. The number of amides is 1. The van der Waals surface area contributed by atoms with Crippen molar-refractivity contribution in [1.82, 2.24) is 15.1 Å². The number of anilines is 1. The molecule has 3 rings (SSSR count). The molecule has 2 aromatic rings. The fraction of sp³-hybridized carbons (Fsp3) is 0.375. The van der Waals surface area contributed by atoms with Crippen molar-refractivity contribution in [2.24, 2.45) is 0 Å². The van der Waals surface area contributed by atoms with Crippen LogP contribution < -0.4 is 9.64 Å². The maximum absolute atomic E-state index is 12.6. The summed E-state index contributed by atoms with van der Waals surface area (Å²) in [6.45, 7) is 2.02. The highest BCUT2D eigenvalue weighted by molar-refractivity contribution is 5.92. The number of halogens is 3. The molecule has 0 aliphatic carbocycles. The quantitative estimate of drug-likeness (QED) is 0.920. The van der Waals surface area contributed by atoms with Crippen LogP contribution in [0.2, 0.25) is 0 Å². The van der Waals surface area contributed by atoms with Crippen LogP contribution in [-0.2, 0) is 6.18 Å². The van der Waals surface area contributed by atoms with Gasteiger partial charge in [-0.3, -0.25) is 9.89 Å². The third kappa shape index (κ3) is 3.70. The average molecular weight is 354 g/mol. The zero-order chi connectivity index (χ0) is 18.0. The molecule has 2 heterocycles. The van der Waals surface area contributed by atoms with E-state index in [-0.39, 0.29) is 5.69 Å². The summed E-state index contributed by atoms with van der Waals surface area (Å²) < 4.78 is 42.9. The lowest BCUT2D eigenvalue weighted by molar-refractivity contribution is -0.141. The van der Waals surface area contributed by atoms with Crippen LogP contribution in [0.15, 0.2) is 30.3 Å². The van der Waals surface area contributed by atoms with Gasteiger partial charge >= 0.3 is 6.18 Å². The molecule has 1 aliphatic heterocycles. The Morgan fingerprint density at radius 3 is 2.32 bits per heavy atom. The fourth-order valence-corrected chi connectivity index (χ4v) is 2.70. The summed E-state index contributed by atoms with van der Waals surface area (Å²) >= 11 is 0. The molecule has 0 saturated carbocycles. The molecule has 1 aromatic heterocycles. The predicted molar refractivity (Wildman–Crippen MR) is 84.7 cm³/mol. The van der Waals surface area contributed by atoms with Gasteiger partial charge in [0.25, 0.3) is 5.91 Å². The number of hydrogen-bond acceptors (Lipinski definition) is 4. The van der Waals surface area contributed by atoms with Crippen molar-refractivity contribution in [3.8, 4) is 5.75 Å². The molecule has 1 aliphatic rings. The van der Waals surface area contributed by atoms with Gasteiger partial charge in [0.05, 0.1) is 7.11 Å². The molecule has 0 bridgehead atoms. The van der Waals surface area contributed by atoms with Gasteiger partial charge in [-0.25, -0.2) is 0 Å². The minimum absolute atomic E-state index is 0.217. The lowest BCUT2D eigenvalue weighted by Crippen LogP contribution is -2.48. The number of H-pyrrole nitrogens is 1. The third-order valence-electron chi connectivity index (χ3n) is 4.11. The summed E-state index contributed by atoms with van der Waals surface area (Å²) in [6.07, 6.45) is -4.54. The molecule has 9 heteroatoms. The number of nitrogens with one attached hydrogen (secondary N) is 1. The molecule has 6 nitrogen and oxygen atoms in total. The van der Waals surface area contributed by atoms with E-state index in [4.69, 9.17) is 4.74 Å². The number of rotatable bonds is 3. The lowest BCUT2D eigenvalue weighted by atomic mass is 10.2. The Bertz CT molecular complexity index is 735. The minimum Gasteiger partial charge on any atom is -0.497 e. The Labute approximate surface area is 142 Å². The van der Waals surface area contributed by atoms with Crippen molar-refractivity contribution in [2.75, 3.05) is 38.2 Å². The average Bonchev–Trinajstić information content (AvgIpc) is 3.12. The van der Waals surface area contributed by atoms with E-state index >= 15 is 0 Å². The standard InChI is InChI=1S/C16H17F3N4O2/c1-25-12-4-2-11(3-5-12)22-6-8-23(9-7-22)15(24)13-10-14(21-20-13)16(17,18)19/h2-5,10H,6-9H2,1H3,(H,20,21). The van der Waals surface area contributed by atoms with Gasteiger partial charge in [0.2, 0.25) is 0 Å². The number of aromatic amines is 1. The van der Waals surface area contributed by atoms with E-state index < -0.39 is 17.8 Å². The van der Waals surface area contributed by atoms with E-state index in [1.165, 1.54) is 4.90 Å². The number of piperazine rings is 1. The number of carbonyl (C=O) groups is 1. The Morgan fingerprint density at radius 2 is 1.80 bits per heavy atom. The lowest BCUT2D eigenvalue weighted by Gasteiger charge is -2.35. The summed E-state index contributed by atoms with van der Waals surface area (Å²) in [5.41, 5.74) is -0.232. The first kappa shape index (κ1) is 17.1. The van der Waals surface area contributed by atoms with E-state index in [0.717, 1.165) is 17.5 Å². The van der Waals surface area contributed by atoms with Gasteiger partial charge in [-0.05, 0) is 24.3 Å². The van der Waals surface area contributed by atoms with E-state index in [1.54, 1.807) is 7.11 Å². The van der Waals surface area contributed by atoms with Gasteiger partial charge < -0.3 is 14.5 Å². The van der Waals surface area contributed by atoms with E-state index in [9.17, 15) is 18.0 Å². The van der Waals surface area contributed by atoms with Crippen molar-refractivity contribution in [3.63, 3.8) is 0 Å². The van der Waals surface area contributed by atoms with Crippen LogP contribution in [0.3, 0.4) is 0 Å². The van der Waals surface area contributed by atoms with Gasteiger partial charge in [0.1, 0.15) is 11.4 Å². The van der Waals surface area contributed by atoms with Gasteiger partial charge in [-0.15, -0.1) is 0 Å². The Balaban J connectivity index is 1.61. The Morgan fingerprint density at radius 1 is 1.16 bits per heavy atom. The largest absolute Gasteiger partial charge is 0.497 e. The van der Waals surface area contributed by atoms with Crippen molar-refractivity contribution in [2.45, 2.75) is 6.18 Å². The summed E-state index contributed by atoms with van der Waals surface area (Å²) in [6, 6.07) is 8.32. The molecule has 0 radical (unpaired) electrons. The van der Waals surface area contributed by atoms with Crippen LogP contribution in [0.4, 0.5) is 18.9 Å². The second kappa shape index (κ2) is 6.66. The van der Waals surface area contributed by atoms with Crippen LogP contribution >= 0.6 is 0 Å². The minimum atomic E-state index is -4.54. The van der Waals surface area contributed by atoms with Crippen LogP contribution in [0.5, 0.6) is 5.75 Å². The number of aromatic nitrogens is 2. The zero-order valence-corrected chi connectivity index (χ0v) is 13.5. The summed E-state index contributed by atoms with van der Waals surface area (Å²) in [7, 11) is 1.60. The monoisotopic (exact) mass is 354 g/mol. The van der Waals surface area contributed by atoms with Gasteiger partial charge in [-0.1, -0.05) is 0 Å². The molecule has 1 fully saturated rings. The molecule has 134 valence electrons. The summed E-state index contributed by atoms with van der Waals surface area (Å²) in [5.74, 6) is 0.262. The summed E-state index contributed by atoms with van der Waals surface area (Å²) in [4.78, 5) is 15.9. The Hall–Kier alpha value is -2.71. The number of hydrogen-bond donors (Lipinski definition) is 1. The number of nitrogens with zero attached hydrogens (tertiary/aromatic N) is 3. The van der Waals surface area contributed by atoms with Crippen molar-refractivity contribution in [3.05, 3.63) is 41.7 Å². The second-order valence-electron chi connectivity index (χ2n) is 5.64. The fourth-order valence-electron chi connectivity index (χ4n) is 2.70. The van der Waals surface area contributed by atoms with Crippen molar-refractivity contribution in [1.29, 1.82) is 0 Å². The molecule has 0 atom stereocenters. The molecule has 25 heavy (non-hydrogen) atoms. The number of alkyl halides is 3. The van der Waals surface area contributed by atoms with Crippen LogP contribution in [0.1, 0.15) is 16.2 Å². The van der Waals surface area contributed by atoms with Gasteiger partial charge in [0.15, 0.2) is 5.69 Å². The van der Waals surface area contributed by atoms with Crippen molar-refractivity contribution >= 4 is 11.6 Å². The smallest absolute Gasteiger partial charge is 0.432 e. The highest BCUT2D eigenvalue weighted by Gasteiger charge is 2.34. The maximum atomic E-state index is 12.6. The van der Waals surface area contributed by atoms with E-state index in [0.29, 0.717) is 26.2 Å². The molecule has 1 amide bonds. The first-order valence-corrected chi connectivity index (χ1v) is 7.69. The van der Waals surface area contributed by atoms with Crippen LogP contribution in [-0.4, -0.2) is 54.3 Å². The first-order valence-electron chi connectivity index (χ1n) is 7.69. The van der Waals surface area contributed by atoms with E-state index in [1.807, 2.05) is 29.4 Å². The molecule has 1 saturated heterocycles. The molecular weight excluding hydrogens is 337 g/mol. The third-order valence-corrected chi connectivity index (χ3v) is 4.11. The zero-order valence-electron chi connectivity index (χ0n) is 13.5. The number of methoxy groups -OCH3 is 1. The second-order valence-corrected chi connectivity index (χ2v) is 5.64. The number of benzene rings is 1. The molecule has 1 aromatic carbocycles. The van der Waals surface area contributed by atoms with Crippen LogP contribution in [0, 0.1) is 0 Å². The normalized spacial score (nSPS) is 15.4. The highest BCUT2D eigenvalue weighted by atomic mass is 19.4. The molecule has 0 spiro atoms.